The average Bonchev–Trinajstić information content (AvgIpc) is 2.65. The number of azide groups is 1. The lowest BCUT2D eigenvalue weighted by Crippen LogP contribution is -2.45. The number of carbonyl (C=O) groups is 2. The van der Waals surface area contributed by atoms with Gasteiger partial charge in [-0.1, -0.05) is 5.11 Å². The van der Waals surface area contributed by atoms with Crippen molar-refractivity contribution in [1.29, 1.82) is 0 Å². The minimum atomic E-state index is -0.989. The van der Waals surface area contributed by atoms with Crippen LogP contribution in [0.25, 0.3) is 10.4 Å². The fourth-order valence-electron chi connectivity index (χ4n) is 3.09. The summed E-state index contributed by atoms with van der Waals surface area (Å²) in [7, 11) is 0. The van der Waals surface area contributed by atoms with Crippen LogP contribution < -0.4 is 9.47 Å². The Morgan fingerprint density at radius 3 is 1.58 bits per heavy atom. The van der Waals surface area contributed by atoms with E-state index < -0.39 is 23.3 Å². The molecule has 0 unspecified atom stereocenters. The van der Waals surface area contributed by atoms with Crippen molar-refractivity contribution in [2.24, 2.45) is 5.11 Å². The first kappa shape index (κ1) is 27.7. The van der Waals surface area contributed by atoms with E-state index in [1.54, 1.807) is 18.2 Å². The molecule has 0 bridgehead atoms. The van der Waals surface area contributed by atoms with Crippen molar-refractivity contribution in [3.8, 4) is 11.5 Å². The normalized spacial score (nSPS) is 11.3. The van der Waals surface area contributed by atoms with Crippen LogP contribution in [0.5, 0.6) is 11.5 Å². The molecule has 1 aromatic rings. The van der Waals surface area contributed by atoms with Gasteiger partial charge in [0.1, 0.15) is 11.5 Å². The maximum Gasteiger partial charge on any atom is 0.407 e. The molecule has 2 amide bonds. The van der Waals surface area contributed by atoms with E-state index in [4.69, 9.17) is 15.0 Å². The van der Waals surface area contributed by atoms with Gasteiger partial charge in [-0.05, 0) is 72.0 Å². The van der Waals surface area contributed by atoms with Crippen molar-refractivity contribution in [2.75, 3.05) is 26.3 Å². The number of rotatable bonds is 11. The molecule has 0 aliphatic heterocycles. The molecule has 0 atom stereocenters. The molecule has 0 aliphatic carbocycles. The van der Waals surface area contributed by atoms with Crippen molar-refractivity contribution < 1.29 is 29.3 Å². The minimum absolute atomic E-state index is 0.262. The van der Waals surface area contributed by atoms with E-state index in [0.717, 1.165) is 0 Å². The van der Waals surface area contributed by atoms with Crippen molar-refractivity contribution in [1.82, 2.24) is 9.80 Å². The zero-order valence-corrected chi connectivity index (χ0v) is 20.2. The lowest BCUT2D eigenvalue weighted by molar-refractivity contribution is 0.0952. The van der Waals surface area contributed by atoms with Crippen LogP contribution in [0.15, 0.2) is 23.3 Å². The van der Waals surface area contributed by atoms with Crippen molar-refractivity contribution >= 4 is 17.9 Å². The van der Waals surface area contributed by atoms with Gasteiger partial charge in [-0.2, -0.15) is 0 Å². The zero-order chi connectivity index (χ0) is 25.2. The molecule has 1 aromatic carbocycles. The van der Waals surface area contributed by atoms with Crippen LogP contribution >= 0.6 is 0 Å². The summed E-state index contributed by atoms with van der Waals surface area (Å²) in [5.41, 5.74) is 8.04. The minimum Gasteiger partial charge on any atom is -0.493 e. The summed E-state index contributed by atoms with van der Waals surface area (Å²) in [5, 5.41) is 22.3. The lowest BCUT2D eigenvalue weighted by Gasteiger charge is -2.33. The highest BCUT2D eigenvalue weighted by atomic mass is 16.5. The first-order valence-electron chi connectivity index (χ1n) is 10.7. The van der Waals surface area contributed by atoms with Gasteiger partial charge in [0.2, 0.25) is 0 Å². The summed E-state index contributed by atoms with van der Waals surface area (Å²) in [6.45, 7) is 12.1. The second-order valence-electron chi connectivity index (χ2n) is 9.47. The monoisotopic (exact) mass is 465 g/mol. The first-order valence-corrected chi connectivity index (χ1v) is 10.7. The van der Waals surface area contributed by atoms with Crippen LogP contribution in [0.4, 0.5) is 15.3 Å². The molecule has 0 spiro atoms. The van der Waals surface area contributed by atoms with E-state index in [1.807, 2.05) is 41.5 Å². The first-order chi connectivity index (χ1) is 15.3. The molecule has 1 rings (SSSR count). The largest absolute Gasteiger partial charge is 0.493 e. The lowest BCUT2D eigenvalue weighted by atomic mass is 10.1. The summed E-state index contributed by atoms with van der Waals surface area (Å²) in [6.07, 6.45) is -1.03. The van der Waals surface area contributed by atoms with E-state index in [1.165, 1.54) is 9.80 Å². The molecule has 184 valence electrons. The third-order valence-corrected chi connectivity index (χ3v) is 4.70. The Hall–Kier alpha value is -3.33. The van der Waals surface area contributed by atoms with E-state index in [2.05, 4.69) is 10.0 Å². The molecular formula is C22H35N5O6. The van der Waals surface area contributed by atoms with Crippen molar-refractivity contribution in [2.45, 2.75) is 65.5 Å². The second kappa shape index (κ2) is 12.1. The van der Waals surface area contributed by atoms with Crippen LogP contribution in [0.2, 0.25) is 0 Å². The van der Waals surface area contributed by atoms with Crippen LogP contribution in [0.1, 0.15) is 54.4 Å². The number of benzene rings is 1. The predicted molar refractivity (Wildman–Crippen MR) is 124 cm³/mol. The van der Waals surface area contributed by atoms with Gasteiger partial charge in [-0.15, -0.1) is 0 Å². The molecule has 11 nitrogen and oxygen atoms in total. The Balaban J connectivity index is 2.71. The molecule has 33 heavy (non-hydrogen) atoms. The Morgan fingerprint density at radius 1 is 0.879 bits per heavy atom. The van der Waals surface area contributed by atoms with Gasteiger partial charge in [0.05, 0.1) is 13.2 Å². The van der Waals surface area contributed by atoms with Gasteiger partial charge in [0.25, 0.3) is 0 Å². The number of hydrogen-bond donors (Lipinski definition) is 2. The highest BCUT2D eigenvalue weighted by Gasteiger charge is 2.26. The van der Waals surface area contributed by atoms with E-state index in [9.17, 15) is 19.8 Å². The molecule has 0 radical (unpaired) electrons. The number of amides is 2. The summed E-state index contributed by atoms with van der Waals surface area (Å²) in [4.78, 5) is 28.3. The summed E-state index contributed by atoms with van der Waals surface area (Å²) in [6, 6.07) is 4.78. The number of nitrogens with zero attached hydrogens (tertiary/aromatic N) is 5. The molecule has 0 heterocycles. The SMILES string of the molecule is CC(C)(C)N(CCCOc1cc(N=[N+]=[N-])cc(OCCCN(C(=O)O)C(C)(C)C)c1)C(=O)O. The van der Waals surface area contributed by atoms with Gasteiger partial charge in [-0.3, -0.25) is 0 Å². The summed E-state index contributed by atoms with van der Waals surface area (Å²) < 4.78 is 11.5. The standard InChI is InChI=1S/C22H35N5O6/c1-21(2,3)26(19(28)29)9-7-11-32-17-13-16(24-25-23)14-18(15-17)33-12-8-10-27(20(30)31)22(4,5)6/h13-15H,7-12H2,1-6H3,(H,28,29)(H,30,31). The number of carboxylic acid groups (broad SMARTS) is 2. The predicted octanol–water partition coefficient (Wildman–Crippen LogP) is 5.72. The molecular weight excluding hydrogens is 430 g/mol. The average molecular weight is 466 g/mol. The Labute approximate surface area is 194 Å². The van der Waals surface area contributed by atoms with Crippen LogP contribution in [-0.2, 0) is 0 Å². The number of hydrogen-bond acceptors (Lipinski definition) is 5. The van der Waals surface area contributed by atoms with E-state index in [-0.39, 0.29) is 13.2 Å². The molecule has 0 aromatic heterocycles. The van der Waals surface area contributed by atoms with Crippen molar-refractivity contribution in [3.63, 3.8) is 0 Å². The van der Waals surface area contributed by atoms with Crippen molar-refractivity contribution in [3.05, 3.63) is 28.6 Å². The summed E-state index contributed by atoms with van der Waals surface area (Å²) in [5.74, 6) is 0.851. The Morgan fingerprint density at radius 2 is 1.27 bits per heavy atom. The maximum atomic E-state index is 11.4. The fraction of sp³-hybridized carbons (Fsp3) is 0.636. The number of ether oxygens (including phenoxy) is 2. The Bertz CT molecular complexity index is 798. The highest BCUT2D eigenvalue weighted by Crippen LogP contribution is 2.29. The van der Waals surface area contributed by atoms with Crippen LogP contribution in [0.3, 0.4) is 0 Å². The zero-order valence-electron chi connectivity index (χ0n) is 20.2. The molecule has 11 heteroatoms. The fourth-order valence-corrected chi connectivity index (χ4v) is 3.09. The molecule has 0 aliphatic rings. The van der Waals surface area contributed by atoms with Crippen LogP contribution in [0, 0.1) is 0 Å². The summed E-state index contributed by atoms with van der Waals surface area (Å²) >= 11 is 0. The van der Waals surface area contributed by atoms with E-state index >= 15 is 0 Å². The van der Waals surface area contributed by atoms with Gasteiger partial charge in [-0.25, -0.2) is 9.59 Å². The maximum absolute atomic E-state index is 11.4. The molecule has 0 saturated heterocycles. The quantitative estimate of drug-likeness (QED) is 0.185. The molecule has 0 saturated carbocycles. The second-order valence-corrected chi connectivity index (χ2v) is 9.47. The van der Waals surface area contributed by atoms with Crippen LogP contribution in [-0.4, -0.2) is 69.6 Å². The van der Waals surface area contributed by atoms with Gasteiger partial charge >= 0.3 is 12.2 Å². The molecule has 0 fully saturated rings. The van der Waals surface area contributed by atoms with Gasteiger partial charge in [0.15, 0.2) is 0 Å². The van der Waals surface area contributed by atoms with Gasteiger partial charge < -0.3 is 29.5 Å². The van der Waals surface area contributed by atoms with E-state index in [0.29, 0.717) is 43.1 Å². The topological polar surface area (TPSA) is 148 Å². The van der Waals surface area contributed by atoms with Gasteiger partial charge in [0, 0.05) is 40.8 Å². The Kier molecular flexibility index (Phi) is 10.1. The smallest absolute Gasteiger partial charge is 0.407 e. The molecule has 2 N–H and O–H groups in total. The third-order valence-electron chi connectivity index (χ3n) is 4.70. The highest BCUT2D eigenvalue weighted by molar-refractivity contribution is 5.66. The third kappa shape index (κ3) is 9.78.